The van der Waals surface area contributed by atoms with E-state index in [0.29, 0.717) is 42.2 Å². The molecule has 1 atom stereocenters. The van der Waals surface area contributed by atoms with Crippen LogP contribution in [0.5, 0.6) is 5.75 Å². The number of carbonyl (C=O) groups excluding carboxylic acids is 5. The molecule has 4 aliphatic heterocycles. The number of rotatable bonds is 6. The lowest BCUT2D eigenvalue weighted by Gasteiger charge is -2.65. The Bertz CT molecular complexity index is 2520. The first-order valence-electron chi connectivity index (χ1n) is 21.0. The van der Waals surface area contributed by atoms with E-state index in [4.69, 9.17) is 10.00 Å². The number of fused-ring (bicyclic) bond motifs is 3. The van der Waals surface area contributed by atoms with Gasteiger partial charge >= 0.3 is 6.18 Å². The quantitative estimate of drug-likeness (QED) is 0.220. The van der Waals surface area contributed by atoms with Gasteiger partial charge in [0, 0.05) is 66.5 Å². The monoisotopic (exact) mass is 846 g/mol. The van der Waals surface area contributed by atoms with Crippen LogP contribution < -0.4 is 10.1 Å². The first kappa shape index (κ1) is 41.3. The number of halogens is 3. The number of imide groups is 2. The van der Waals surface area contributed by atoms with Crippen LogP contribution in [0.4, 0.5) is 13.2 Å². The number of nitrogens with zero attached hydrogens (tertiary/aromatic N) is 5. The van der Waals surface area contributed by atoms with E-state index in [0.717, 1.165) is 71.6 Å². The van der Waals surface area contributed by atoms with Gasteiger partial charge in [0.1, 0.15) is 24.0 Å². The molecular weight excluding hydrogens is 802 g/mol. The highest BCUT2D eigenvalue weighted by atomic mass is 19.4. The number of amides is 5. The number of hydrogen-bond donors (Lipinski definition) is 1. The van der Waals surface area contributed by atoms with Gasteiger partial charge in [-0.05, 0) is 91.1 Å². The van der Waals surface area contributed by atoms with Crippen LogP contribution in [0.25, 0.3) is 0 Å². The topological polar surface area (TPSA) is 153 Å². The molecule has 0 radical (unpaired) electrons. The van der Waals surface area contributed by atoms with Crippen LogP contribution >= 0.6 is 0 Å². The molecule has 1 saturated heterocycles. The molecule has 2 aromatic carbocycles. The van der Waals surface area contributed by atoms with Crippen molar-refractivity contribution in [2.75, 3.05) is 6.54 Å². The van der Waals surface area contributed by atoms with Crippen molar-refractivity contribution in [2.24, 2.45) is 22.7 Å². The largest absolute Gasteiger partial charge is 0.488 e. The number of pyridine rings is 1. The maximum atomic E-state index is 13.8. The summed E-state index contributed by atoms with van der Waals surface area (Å²) in [6, 6.07) is 10.3. The highest BCUT2D eigenvalue weighted by Crippen LogP contribution is 2.59. The molecule has 6 aliphatic rings. The summed E-state index contributed by atoms with van der Waals surface area (Å²) in [5.74, 6) is 5.38. The van der Waals surface area contributed by atoms with Gasteiger partial charge in [0.15, 0.2) is 5.69 Å². The van der Waals surface area contributed by atoms with Crippen LogP contribution in [0.1, 0.15) is 131 Å². The van der Waals surface area contributed by atoms with E-state index in [1.165, 1.54) is 6.07 Å². The second-order valence-corrected chi connectivity index (χ2v) is 18.8. The molecule has 5 heterocycles. The van der Waals surface area contributed by atoms with E-state index in [1.807, 2.05) is 50.8 Å². The van der Waals surface area contributed by atoms with Crippen LogP contribution in [0.15, 0.2) is 42.6 Å². The average Bonchev–Trinajstić information content (AvgIpc) is 3.84. The number of nitriles is 1. The number of aromatic nitrogens is 1. The molecule has 12 nitrogen and oxygen atoms in total. The van der Waals surface area contributed by atoms with E-state index in [1.54, 1.807) is 12.1 Å². The molecule has 5 amide bonds. The number of hydrogen-bond acceptors (Lipinski definition) is 9. The maximum absolute atomic E-state index is 13.8. The number of carbonyl (C=O) groups is 5. The third-order valence-electron chi connectivity index (χ3n) is 13.9. The smallest absolute Gasteiger partial charge is 0.419 e. The summed E-state index contributed by atoms with van der Waals surface area (Å²) >= 11 is 0. The molecule has 62 heavy (non-hydrogen) atoms. The van der Waals surface area contributed by atoms with Crippen LogP contribution in [-0.2, 0) is 35.4 Å². The van der Waals surface area contributed by atoms with Crippen molar-refractivity contribution < 1.29 is 41.9 Å². The van der Waals surface area contributed by atoms with Crippen LogP contribution in [-0.4, -0.2) is 74.0 Å². The molecule has 3 fully saturated rings. The van der Waals surface area contributed by atoms with Crippen molar-refractivity contribution in [1.82, 2.24) is 25.0 Å². The number of alkyl halides is 3. The fourth-order valence-electron chi connectivity index (χ4n) is 11.4. The van der Waals surface area contributed by atoms with Crippen molar-refractivity contribution in [3.05, 3.63) is 92.8 Å². The van der Waals surface area contributed by atoms with Gasteiger partial charge in [-0.2, -0.15) is 18.4 Å². The zero-order chi connectivity index (χ0) is 44.0. The minimum absolute atomic E-state index is 0.0778. The second-order valence-electron chi connectivity index (χ2n) is 18.8. The summed E-state index contributed by atoms with van der Waals surface area (Å²) in [5.41, 5.74) is 1.85. The predicted octanol–water partition coefficient (Wildman–Crippen LogP) is 6.38. The Morgan fingerprint density at radius 1 is 0.839 bits per heavy atom. The van der Waals surface area contributed by atoms with E-state index < -0.39 is 64.0 Å². The first-order valence-corrected chi connectivity index (χ1v) is 21.0. The van der Waals surface area contributed by atoms with Crippen LogP contribution in [0.3, 0.4) is 0 Å². The molecule has 3 aromatic rings. The van der Waals surface area contributed by atoms with Crippen LogP contribution in [0.2, 0.25) is 0 Å². The van der Waals surface area contributed by atoms with Gasteiger partial charge in [-0.3, -0.25) is 39.1 Å². The Morgan fingerprint density at radius 3 is 2.11 bits per heavy atom. The Labute approximate surface area is 356 Å². The van der Waals surface area contributed by atoms with Crippen molar-refractivity contribution in [3.63, 3.8) is 0 Å². The van der Waals surface area contributed by atoms with Gasteiger partial charge in [-0.15, -0.1) is 0 Å². The minimum Gasteiger partial charge on any atom is -0.488 e. The molecule has 1 unspecified atom stereocenters. The summed E-state index contributed by atoms with van der Waals surface area (Å²) in [6.45, 7) is 10.4. The first-order chi connectivity index (χ1) is 29.3. The Balaban J connectivity index is 0.785. The summed E-state index contributed by atoms with van der Waals surface area (Å²) in [5, 5.41) is 11.4. The lowest BCUT2D eigenvalue weighted by atomic mass is 9.49. The van der Waals surface area contributed by atoms with Gasteiger partial charge in [0.05, 0.1) is 22.9 Å². The van der Waals surface area contributed by atoms with Crippen molar-refractivity contribution >= 4 is 29.5 Å². The zero-order valence-electron chi connectivity index (χ0n) is 34.8. The standard InChI is InChI=1S/C47H45F3N6O6/c1-45(2)43(46(3,4)44(45)62-31-18-35(47(48,49)50)36(19-51)52-20-31)55-24-30-15-26(11-12-32(30)40(55)59)8-5-25-6-9-27(10-7-25)21-54-22-28-16-33-34(17-29(28)23-54)42(61)56(41(33)60)37-13-14-38(57)53-39(37)58/h11-12,15-18,20,25,27,37,43-44H,6-7,9-10,13-14,21-24H2,1-4H3,(H,53,57,58). The molecule has 15 heteroatoms. The molecule has 2 aliphatic carbocycles. The van der Waals surface area contributed by atoms with Gasteiger partial charge in [-0.1, -0.05) is 39.5 Å². The highest BCUT2D eigenvalue weighted by Gasteiger charge is 2.67. The maximum Gasteiger partial charge on any atom is 0.419 e. The summed E-state index contributed by atoms with van der Waals surface area (Å²) < 4.78 is 47.1. The van der Waals surface area contributed by atoms with E-state index >= 15 is 0 Å². The van der Waals surface area contributed by atoms with Gasteiger partial charge in [0.25, 0.3) is 17.7 Å². The van der Waals surface area contributed by atoms with Crippen molar-refractivity contribution in [1.29, 1.82) is 5.26 Å². The van der Waals surface area contributed by atoms with Crippen molar-refractivity contribution in [2.45, 2.75) is 110 Å². The Hall–Kier alpha value is -6.06. The highest BCUT2D eigenvalue weighted by molar-refractivity contribution is 6.23. The Kier molecular flexibility index (Phi) is 9.86. The van der Waals surface area contributed by atoms with Crippen LogP contribution in [0, 0.1) is 45.8 Å². The number of ether oxygens (including phenoxy) is 1. The number of benzene rings is 2. The van der Waals surface area contributed by atoms with Gasteiger partial charge in [-0.25, -0.2) is 4.98 Å². The molecule has 1 N–H and O–H groups in total. The Morgan fingerprint density at radius 2 is 1.50 bits per heavy atom. The fourth-order valence-corrected chi connectivity index (χ4v) is 11.4. The minimum atomic E-state index is -4.77. The molecule has 2 saturated carbocycles. The van der Waals surface area contributed by atoms with Gasteiger partial charge in [0.2, 0.25) is 11.8 Å². The third-order valence-corrected chi connectivity index (χ3v) is 13.9. The summed E-state index contributed by atoms with van der Waals surface area (Å²) in [4.78, 5) is 73.5. The van der Waals surface area contributed by atoms with Crippen molar-refractivity contribution in [3.8, 4) is 23.7 Å². The molecule has 1 aromatic heterocycles. The lowest BCUT2D eigenvalue weighted by molar-refractivity contribution is -0.199. The number of nitrogens with one attached hydrogen (secondary N) is 1. The predicted molar refractivity (Wildman–Crippen MR) is 216 cm³/mol. The zero-order valence-corrected chi connectivity index (χ0v) is 34.8. The molecular formula is C47H45F3N6O6. The second kappa shape index (κ2) is 14.8. The molecule has 9 rings (SSSR count). The van der Waals surface area contributed by atoms with E-state index in [-0.39, 0.29) is 36.5 Å². The average molecular weight is 847 g/mol. The fraction of sp³-hybridized carbons (Fsp3) is 0.468. The summed E-state index contributed by atoms with van der Waals surface area (Å²) in [7, 11) is 0. The number of piperidine rings is 1. The summed E-state index contributed by atoms with van der Waals surface area (Å²) in [6.07, 6.45) is 0.00943. The SMILES string of the molecule is CC1(C)C(Oc2cnc(C#N)c(C(F)(F)F)c2)C(C)(C)C1N1Cc2cc(C#CC3CCC(CN4Cc5cc6c(cc5C4)C(=O)N(C4CCC(=O)NC4=O)C6=O)CC3)ccc2C1=O. The van der Waals surface area contributed by atoms with E-state index in [2.05, 4.69) is 27.0 Å². The molecule has 0 spiro atoms. The lowest BCUT2D eigenvalue weighted by Crippen LogP contribution is -2.74. The van der Waals surface area contributed by atoms with Gasteiger partial charge < -0.3 is 9.64 Å². The molecule has 320 valence electrons. The third kappa shape index (κ3) is 6.91. The normalized spacial score (nSPS) is 26.2. The molecule has 0 bridgehead atoms. The van der Waals surface area contributed by atoms with E-state index in [9.17, 15) is 37.1 Å².